The number of anilines is 2. The Labute approximate surface area is 191 Å². The standard InChI is InChI=1S/C26H22N4O3/c1-17-25(31)29-23-15-20(11-12-24(23)33-17)28-26(32)22-6-3-2-5-21(22)19-9-7-18(8-10-19)16-30-14-4-13-27-30/h2-15,17H,16H2,1H3,(H,28,32)(H,29,31). The lowest BCUT2D eigenvalue weighted by Crippen LogP contribution is -2.34. The second-order valence-corrected chi connectivity index (χ2v) is 7.86. The Bertz CT molecular complexity index is 1310. The number of hydrogen-bond donors (Lipinski definition) is 2. The summed E-state index contributed by atoms with van der Waals surface area (Å²) in [6, 6.07) is 22.7. The quantitative estimate of drug-likeness (QED) is 0.478. The number of aromatic nitrogens is 2. The minimum Gasteiger partial charge on any atom is -0.479 e. The molecule has 7 nitrogen and oxygen atoms in total. The molecular formula is C26H22N4O3. The highest BCUT2D eigenvalue weighted by molar-refractivity contribution is 6.09. The van der Waals surface area contributed by atoms with Gasteiger partial charge in [-0.25, -0.2) is 0 Å². The number of hydrogen-bond acceptors (Lipinski definition) is 4. The molecule has 1 atom stereocenters. The van der Waals surface area contributed by atoms with Crippen molar-refractivity contribution in [2.75, 3.05) is 10.6 Å². The molecular weight excluding hydrogens is 416 g/mol. The number of carbonyl (C=O) groups is 2. The zero-order chi connectivity index (χ0) is 22.8. The average Bonchev–Trinajstić information content (AvgIpc) is 3.34. The number of rotatable bonds is 5. The predicted molar refractivity (Wildman–Crippen MR) is 126 cm³/mol. The molecule has 33 heavy (non-hydrogen) atoms. The van der Waals surface area contributed by atoms with Crippen molar-refractivity contribution in [1.29, 1.82) is 0 Å². The molecule has 0 bridgehead atoms. The lowest BCUT2D eigenvalue weighted by atomic mass is 9.98. The highest BCUT2D eigenvalue weighted by atomic mass is 16.5. The van der Waals surface area contributed by atoms with Crippen molar-refractivity contribution in [3.05, 3.63) is 96.3 Å². The van der Waals surface area contributed by atoms with Crippen molar-refractivity contribution < 1.29 is 14.3 Å². The summed E-state index contributed by atoms with van der Waals surface area (Å²) in [4.78, 5) is 25.0. The van der Waals surface area contributed by atoms with Gasteiger partial charge >= 0.3 is 0 Å². The minimum atomic E-state index is -0.546. The van der Waals surface area contributed by atoms with Crippen molar-refractivity contribution in [2.24, 2.45) is 0 Å². The van der Waals surface area contributed by atoms with Gasteiger partial charge in [0.05, 0.1) is 12.2 Å². The first-order chi connectivity index (χ1) is 16.1. The highest BCUT2D eigenvalue weighted by Gasteiger charge is 2.24. The zero-order valence-corrected chi connectivity index (χ0v) is 18.0. The van der Waals surface area contributed by atoms with E-state index in [1.54, 1.807) is 37.4 Å². The molecule has 2 amide bonds. The smallest absolute Gasteiger partial charge is 0.265 e. The lowest BCUT2D eigenvalue weighted by Gasteiger charge is -2.23. The molecule has 164 valence electrons. The van der Waals surface area contributed by atoms with Crippen LogP contribution in [0.25, 0.3) is 11.1 Å². The molecule has 3 aromatic carbocycles. The Morgan fingerprint density at radius 3 is 2.70 bits per heavy atom. The van der Waals surface area contributed by atoms with Crippen molar-refractivity contribution >= 4 is 23.2 Å². The second kappa shape index (κ2) is 8.63. The van der Waals surface area contributed by atoms with Crippen LogP contribution in [0.4, 0.5) is 11.4 Å². The van der Waals surface area contributed by atoms with E-state index in [2.05, 4.69) is 15.7 Å². The molecule has 1 aliphatic heterocycles. The van der Waals surface area contributed by atoms with Crippen LogP contribution >= 0.6 is 0 Å². The summed E-state index contributed by atoms with van der Waals surface area (Å²) in [5.74, 6) is 0.130. The van der Waals surface area contributed by atoms with Crippen molar-refractivity contribution in [3.8, 4) is 16.9 Å². The number of amides is 2. The van der Waals surface area contributed by atoms with E-state index in [1.807, 2.05) is 59.4 Å². The summed E-state index contributed by atoms with van der Waals surface area (Å²) in [6.07, 6.45) is 3.13. The summed E-state index contributed by atoms with van der Waals surface area (Å²) < 4.78 is 7.44. The Hall–Kier alpha value is -4.39. The van der Waals surface area contributed by atoms with E-state index >= 15 is 0 Å². The molecule has 0 radical (unpaired) electrons. The maximum Gasteiger partial charge on any atom is 0.265 e. The largest absolute Gasteiger partial charge is 0.479 e. The van der Waals surface area contributed by atoms with Gasteiger partial charge in [-0.1, -0.05) is 42.5 Å². The molecule has 1 aliphatic rings. The summed E-state index contributed by atoms with van der Waals surface area (Å²) >= 11 is 0. The fourth-order valence-corrected chi connectivity index (χ4v) is 3.79. The fraction of sp³-hybridized carbons (Fsp3) is 0.115. The molecule has 0 aliphatic carbocycles. The number of nitrogens with zero attached hydrogens (tertiary/aromatic N) is 2. The Morgan fingerprint density at radius 1 is 1.09 bits per heavy atom. The number of fused-ring (bicyclic) bond motifs is 1. The van der Waals surface area contributed by atoms with E-state index in [1.165, 1.54) is 0 Å². The van der Waals surface area contributed by atoms with Gasteiger partial charge in [0.2, 0.25) is 0 Å². The van der Waals surface area contributed by atoms with Crippen molar-refractivity contribution in [2.45, 2.75) is 19.6 Å². The van der Waals surface area contributed by atoms with Gasteiger partial charge in [-0.15, -0.1) is 0 Å². The summed E-state index contributed by atoms with van der Waals surface area (Å²) in [7, 11) is 0. The molecule has 7 heteroatoms. The van der Waals surface area contributed by atoms with Crippen LogP contribution in [0.5, 0.6) is 5.75 Å². The SMILES string of the molecule is CC1Oc2ccc(NC(=O)c3ccccc3-c3ccc(Cn4cccn4)cc3)cc2NC1=O. The molecule has 4 aromatic rings. The highest BCUT2D eigenvalue weighted by Crippen LogP contribution is 2.33. The molecule has 0 saturated heterocycles. The average molecular weight is 438 g/mol. The van der Waals surface area contributed by atoms with Crippen LogP contribution < -0.4 is 15.4 Å². The van der Waals surface area contributed by atoms with Crippen LogP contribution in [0.3, 0.4) is 0 Å². The Balaban J connectivity index is 1.36. The van der Waals surface area contributed by atoms with Gasteiger partial charge in [0.25, 0.3) is 11.8 Å². The molecule has 0 spiro atoms. The van der Waals surface area contributed by atoms with E-state index in [0.717, 1.165) is 16.7 Å². The van der Waals surface area contributed by atoms with Crippen molar-refractivity contribution in [1.82, 2.24) is 9.78 Å². The molecule has 1 unspecified atom stereocenters. The second-order valence-electron chi connectivity index (χ2n) is 7.86. The van der Waals surface area contributed by atoms with Crippen LogP contribution in [0, 0.1) is 0 Å². The van der Waals surface area contributed by atoms with Crippen LogP contribution in [0.2, 0.25) is 0 Å². The van der Waals surface area contributed by atoms with Crippen LogP contribution in [-0.2, 0) is 11.3 Å². The lowest BCUT2D eigenvalue weighted by molar-refractivity contribution is -0.122. The van der Waals surface area contributed by atoms with E-state index in [9.17, 15) is 9.59 Å². The van der Waals surface area contributed by atoms with Crippen LogP contribution in [0.15, 0.2) is 85.2 Å². The summed E-state index contributed by atoms with van der Waals surface area (Å²) in [5, 5.41) is 9.96. The van der Waals surface area contributed by atoms with Crippen LogP contribution in [-0.4, -0.2) is 27.7 Å². The summed E-state index contributed by atoms with van der Waals surface area (Å²) in [5.41, 5.74) is 4.58. The molecule has 0 fully saturated rings. The van der Waals surface area contributed by atoms with Gasteiger partial charge in [0.1, 0.15) is 5.75 Å². The number of ether oxygens (including phenoxy) is 1. The number of carbonyl (C=O) groups excluding carboxylic acids is 2. The van der Waals surface area contributed by atoms with E-state index in [4.69, 9.17) is 4.74 Å². The topological polar surface area (TPSA) is 85.2 Å². The number of benzene rings is 3. The maximum absolute atomic E-state index is 13.1. The van der Waals surface area contributed by atoms with Gasteiger partial charge in [0, 0.05) is 23.6 Å². The first-order valence-corrected chi connectivity index (χ1v) is 10.7. The van der Waals surface area contributed by atoms with Crippen LogP contribution in [0.1, 0.15) is 22.8 Å². The predicted octanol–water partition coefficient (Wildman–Crippen LogP) is 4.57. The third-order valence-corrected chi connectivity index (χ3v) is 5.51. The van der Waals surface area contributed by atoms with E-state index < -0.39 is 6.10 Å². The van der Waals surface area contributed by atoms with Crippen molar-refractivity contribution in [3.63, 3.8) is 0 Å². The van der Waals surface area contributed by atoms with Gasteiger partial charge in [-0.05, 0) is 53.9 Å². The normalized spacial score (nSPS) is 14.7. The molecule has 5 rings (SSSR count). The Morgan fingerprint density at radius 2 is 1.91 bits per heavy atom. The van der Waals surface area contributed by atoms with Gasteiger partial charge in [-0.3, -0.25) is 14.3 Å². The summed E-state index contributed by atoms with van der Waals surface area (Å²) in [6.45, 7) is 2.38. The third-order valence-electron chi connectivity index (χ3n) is 5.51. The van der Waals surface area contributed by atoms with E-state index in [0.29, 0.717) is 29.2 Å². The minimum absolute atomic E-state index is 0.215. The fourth-order valence-electron chi connectivity index (χ4n) is 3.79. The molecule has 1 aromatic heterocycles. The first kappa shape index (κ1) is 20.5. The van der Waals surface area contributed by atoms with Gasteiger partial charge in [-0.2, -0.15) is 5.10 Å². The molecule has 2 heterocycles. The maximum atomic E-state index is 13.1. The Kier molecular flexibility index (Phi) is 5.36. The first-order valence-electron chi connectivity index (χ1n) is 10.7. The van der Waals surface area contributed by atoms with Gasteiger partial charge in [0.15, 0.2) is 6.10 Å². The van der Waals surface area contributed by atoms with E-state index in [-0.39, 0.29) is 11.8 Å². The third kappa shape index (κ3) is 4.34. The van der Waals surface area contributed by atoms with Gasteiger partial charge < -0.3 is 15.4 Å². The molecule has 2 N–H and O–H groups in total. The molecule has 0 saturated carbocycles. The monoisotopic (exact) mass is 438 g/mol. The number of nitrogens with one attached hydrogen (secondary N) is 2. The zero-order valence-electron chi connectivity index (χ0n) is 18.0.